The molecule has 0 bridgehead atoms. The molecule has 1 atom stereocenters. The van der Waals surface area contributed by atoms with Gasteiger partial charge in [-0.3, -0.25) is 4.79 Å². The molecule has 1 heterocycles. The summed E-state index contributed by atoms with van der Waals surface area (Å²) in [5.41, 5.74) is 7.87. The van der Waals surface area contributed by atoms with Gasteiger partial charge in [-0.1, -0.05) is 87.4 Å². The number of hydrogen-bond acceptors (Lipinski definition) is 3. The summed E-state index contributed by atoms with van der Waals surface area (Å²) in [6.45, 7) is 11.9. The Morgan fingerprint density at radius 1 is 1.03 bits per heavy atom. The van der Waals surface area contributed by atoms with E-state index in [1.54, 1.807) is 13.3 Å². The van der Waals surface area contributed by atoms with Crippen molar-refractivity contribution in [1.82, 2.24) is 9.97 Å². The van der Waals surface area contributed by atoms with Gasteiger partial charge in [0.15, 0.2) is 0 Å². The lowest BCUT2D eigenvalue weighted by Gasteiger charge is -2.19. The van der Waals surface area contributed by atoms with Gasteiger partial charge in [0.2, 0.25) is 0 Å². The Morgan fingerprint density at radius 3 is 2.38 bits per heavy atom. The van der Waals surface area contributed by atoms with Crippen LogP contribution in [0.5, 0.6) is 0 Å². The number of aromatic nitrogens is 2. The van der Waals surface area contributed by atoms with Gasteiger partial charge in [0.05, 0.1) is 5.69 Å². The molecule has 4 rings (SSSR count). The van der Waals surface area contributed by atoms with Crippen LogP contribution < -0.4 is 0 Å². The van der Waals surface area contributed by atoms with Crippen molar-refractivity contribution in [2.24, 2.45) is 0 Å². The van der Waals surface area contributed by atoms with Crippen LogP contribution in [0.25, 0.3) is 17.3 Å². The van der Waals surface area contributed by atoms with Gasteiger partial charge < -0.3 is 0 Å². The molecule has 0 aliphatic heterocycles. The second kappa shape index (κ2) is 14.2. The van der Waals surface area contributed by atoms with Crippen LogP contribution in [0.1, 0.15) is 87.2 Å². The minimum absolute atomic E-state index is 0.129. The van der Waals surface area contributed by atoms with Gasteiger partial charge in [-0.05, 0) is 63.6 Å². The molecular formula is C31H40N2O. The fourth-order valence-electron chi connectivity index (χ4n) is 4.25. The van der Waals surface area contributed by atoms with Gasteiger partial charge in [0.1, 0.15) is 12.1 Å². The van der Waals surface area contributed by atoms with E-state index in [1.165, 1.54) is 23.1 Å². The van der Waals surface area contributed by atoms with Crippen molar-refractivity contribution in [2.75, 3.05) is 0 Å². The first-order valence-corrected chi connectivity index (χ1v) is 12.6. The summed E-state index contributed by atoms with van der Waals surface area (Å²) in [6.07, 6.45) is 11.3. The van der Waals surface area contributed by atoms with Gasteiger partial charge in [-0.15, -0.1) is 0 Å². The zero-order valence-corrected chi connectivity index (χ0v) is 21.8. The van der Waals surface area contributed by atoms with Crippen LogP contribution in [0.15, 0.2) is 60.9 Å². The van der Waals surface area contributed by atoms with Crippen LogP contribution in [-0.2, 0) is 11.2 Å². The van der Waals surface area contributed by atoms with E-state index in [9.17, 15) is 4.79 Å². The van der Waals surface area contributed by atoms with Gasteiger partial charge in [0, 0.05) is 22.7 Å². The lowest BCUT2D eigenvalue weighted by molar-refractivity contribution is -0.118. The number of allylic oxidation sites excluding steroid dienone is 1. The molecule has 2 aromatic carbocycles. The Balaban J connectivity index is 0.000000384. The summed E-state index contributed by atoms with van der Waals surface area (Å²) < 4.78 is 0. The molecule has 0 amide bonds. The molecule has 1 aliphatic carbocycles. The molecular weight excluding hydrogens is 416 g/mol. The Kier molecular flexibility index (Phi) is 11.4. The van der Waals surface area contributed by atoms with Gasteiger partial charge >= 0.3 is 0 Å². The largest absolute Gasteiger partial charge is 0.299 e. The van der Waals surface area contributed by atoms with E-state index < -0.39 is 0 Å². The number of carbonyl (C=O) groups excluding carboxylic acids is 1. The lowest BCUT2D eigenvalue weighted by atomic mass is 9.86. The number of rotatable bonds is 5. The normalized spacial score (nSPS) is 12.8. The van der Waals surface area contributed by atoms with Crippen LogP contribution in [-0.4, -0.2) is 15.8 Å². The molecule has 34 heavy (non-hydrogen) atoms. The number of fused-ring (bicyclic) bond motifs is 1. The summed E-state index contributed by atoms with van der Waals surface area (Å²) in [6, 6.07) is 16.8. The predicted molar refractivity (Wildman–Crippen MR) is 145 cm³/mol. The molecule has 0 saturated carbocycles. The first kappa shape index (κ1) is 27.2. The second-order valence-corrected chi connectivity index (χ2v) is 8.54. The summed E-state index contributed by atoms with van der Waals surface area (Å²) in [5.74, 6) is 0.0613. The van der Waals surface area contributed by atoms with Crippen molar-refractivity contribution in [3.63, 3.8) is 0 Å². The third-order valence-electron chi connectivity index (χ3n) is 5.97. The van der Waals surface area contributed by atoms with Crippen molar-refractivity contribution in [3.8, 4) is 11.3 Å². The van der Waals surface area contributed by atoms with Crippen LogP contribution in [0.4, 0.5) is 0 Å². The molecule has 0 spiro atoms. The van der Waals surface area contributed by atoms with Gasteiger partial charge in [-0.25, -0.2) is 9.97 Å². The maximum Gasteiger partial charge on any atom is 0.137 e. The molecule has 1 aliphatic rings. The fourth-order valence-corrected chi connectivity index (χ4v) is 4.25. The van der Waals surface area contributed by atoms with E-state index in [2.05, 4.69) is 66.3 Å². The van der Waals surface area contributed by atoms with Crippen molar-refractivity contribution in [3.05, 3.63) is 88.9 Å². The zero-order chi connectivity index (χ0) is 24.9. The van der Waals surface area contributed by atoms with Crippen LogP contribution in [0.3, 0.4) is 0 Å². The number of hydrogen-bond donors (Lipinski definition) is 0. The molecule has 0 N–H and O–H groups in total. The monoisotopic (exact) mass is 456 g/mol. The first-order valence-electron chi connectivity index (χ1n) is 12.6. The number of Topliss-reactive ketones (excluding diaryl/α,β-unsaturated/α-hetero) is 1. The predicted octanol–water partition coefficient (Wildman–Crippen LogP) is 8.30. The fraction of sp³-hybridized carbons (Fsp3) is 0.387. The molecule has 180 valence electrons. The smallest absolute Gasteiger partial charge is 0.137 e. The molecule has 0 radical (unpaired) electrons. The highest BCUT2D eigenvalue weighted by atomic mass is 16.1. The molecule has 3 heteroatoms. The van der Waals surface area contributed by atoms with Crippen LogP contribution in [0.2, 0.25) is 0 Å². The number of aryl methyl sites for hydroxylation is 3. The van der Waals surface area contributed by atoms with E-state index in [-0.39, 0.29) is 11.7 Å². The maximum absolute atomic E-state index is 12.3. The van der Waals surface area contributed by atoms with E-state index in [0.29, 0.717) is 0 Å². The molecule has 3 aromatic rings. The Hall–Kier alpha value is -3.07. The average Bonchev–Trinajstić information content (AvgIpc) is 3.10. The van der Waals surface area contributed by atoms with Crippen molar-refractivity contribution >= 4 is 11.9 Å². The van der Waals surface area contributed by atoms with E-state index >= 15 is 0 Å². The number of nitrogens with zero attached hydrogens (tertiary/aromatic N) is 2. The van der Waals surface area contributed by atoms with Crippen molar-refractivity contribution in [2.45, 2.75) is 79.6 Å². The van der Waals surface area contributed by atoms with Crippen molar-refractivity contribution < 1.29 is 4.79 Å². The van der Waals surface area contributed by atoms with Gasteiger partial charge in [-0.2, -0.15) is 0 Å². The minimum Gasteiger partial charge on any atom is -0.299 e. The average molecular weight is 457 g/mol. The SMILES string of the molecule is CC.CCCC(C(C)=O)c1c(C)ncnc1-c1ccc2c(c1)C=CCCC2.Cc1ccccc1. The Labute approximate surface area is 206 Å². The maximum atomic E-state index is 12.3. The molecule has 0 saturated heterocycles. The molecule has 1 aromatic heterocycles. The summed E-state index contributed by atoms with van der Waals surface area (Å²) in [5, 5.41) is 0. The minimum atomic E-state index is -0.129. The lowest BCUT2D eigenvalue weighted by Crippen LogP contribution is -2.13. The van der Waals surface area contributed by atoms with Crippen molar-refractivity contribution in [1.29, 1.82) is 0 Å². The highest BCUT2D eigenvalue weighted by molar-refractivity contribution is 5.86. The second-order valence-electron chi connectivity index (χ2n) is 8.54. The number of ketones is 1. The third-order valence-corrected chi connectivity index (χ3v) is 5.97. The third kappa shape index (κ3) is 7.48. The summed E-state index contributed by atoms with van der Waals surface area (Å²) >= 11 is 0. The zero-order valence-electron chi connectivity index (χ0n) is 21.8. The standard InChI is InChI=1S/C22H26N2O.C7H8.C2H6/c1-4-8-20(16(3)25)21-15(2)23-14-24-22(21)19-12-11-17-9-6-5-7-10-18(17)13-19;1-7-5-3-2-4-6-7;1-2/h7,10-14,20H,4-6,8-9H2,1-3H3;2-6H,1H3;1-2H3. The van der Waals surface area contributed by atoms with E-state index in [4.69, 9.17) is 0 Å². The number of carbonyl (C=O) groups is 1. The van der Waals surface area contributed by atoms with Crippen LogP contribution >= 0.6 is 0 Å². The quantitative estimate of drug-likeness (QED) is 0.388. The van der Waals surface area contributed by atoms with Crippen LogP contribution in [0, 0.1) is 13.8 Å². The number of benzene rings is 2. The highest BCUT2D eigenvalue weighted by Gasteiger charge is 2.24. The van der Waals surface area contributed by atoms with E-state index in [1.807, 2.05) is 39.0 Å². The summed E-state index contributed by atoms with van der Waals surface area (Å²) in [7, 11) is 0. The Morgan fingerprint density at radius 2 is 1.76 bits per heavy atom. The molecule has 3 nitrogen and oxygen atoms in total. The van der Waals surface area contributed by atoms with E-state index in [0.717, 1.165) is 48.2 Å². The first-order chi connectivity index (χ1) is 16.5. The molecule has 1 unspecified atom stereocenters. The Bertz CT molecular complexity index is 1070. The topological polar surface area (TPSA) is 42.9 Å². The summed E-state index contributed by atoms with van der Waals surface area (Å²) in [4.78, 5) is 21.2. The molecule has 0 fully saturated rings. The van der Waals surface area contributed by atoms with Gasteiger partial charge in [0.25, 0.3) is 0 Å². The highest BCUT2D eigenvalue weighted by Crippen LogP contribution is 2.34.